The third kappa shape index (κ3) is 4.41. The second-order valence-electron chi connectivity index (χ2n) is 9.24. The van der Waals surface area contributed by atoms with E-state index in [4.69, 9.17) is 21.1 Å². The summed E-state index contributed by atoms with van der Waals surface area (Å²) in [6.45, 7) is 0.141. The number of aryl methyl sites for hydroxylation is 2. The molecule has 2 aliphatic rings. The second kappa shape index (κ2) is 9.99. The smallest absolute Gasteiger partial charge is 0.408 e. The maximum atomic E-state index is 14.0. The number of benzene rings is 2. The van der Waals surface area contributed by atoms with Crippen LogP contribution in [0, 0.1) is 0 Å². The lowest BCUT2D eigenvalue weighted by Gasteiger charge is -2.46. The molecular weight excluding hydrogens is 523 g/mol. The zero-order valence-electron chi connectivity index (χ0n) is 20.7. The van der Waals surface area contributed by atoms with Gasteiger partial charge in [-0.15, -0.1) is 0 Å². The van der Waals surface area contributed by atoms with E-state index in [-0.39, 0.29) is 18.2 Å². The van der Waals surface area contributed by atoms with Crippen LogP contribution >= 0.6 is 11.6 Å². The van der Waals surface area contributed by atoms with Crippen molar-refractivity contribution in [1.29, 1.82) is 0 Å². The Morgan fingerprint density at radius 3 is 2.50 bits per heavy atom. The summed E-state index contributed by atoms with van der Waals surface area (Å²) in [7, 11) is 1.33. The molecule has 11 heteroatoms. The average molecular weight is 548 g/mol. The maximum Gasteiger partial charge on any atom is 0.408 e. The standard InChI is InChI=1S/C27H25ClF3N3O4/c1-16(27(29,30)31)32-14-34(33-13-12-21(35)25(38-15-37-2)24(33)26(32)36)23-19-8-4-3-6-17(19)10-11-18-7-5-9-20(28)22(18)23/h3-9,12-13,16,23H,10-11,14-15H2,1-2H3/t16-,23-/m1/s1. The molecule has 2 atom stereocenters. The fraction of sp³-hybridized carbons (Fsp3) is 0.333. The lowest BCUT2D eigenvalue weighted by atomic mass is 9.93. The first kappa shape index (κ1) is 26.1. The summed E-state index contributed by atoms with van der Waals surface area (Å²) in [5, 5.41) is 2.09. The lowest BCUT2D eigenvalue weighted by Crippen LogP contribution is -2.60. The van der Waals surface area contributed by atoms with Gasteiger partial charge in [0.25, 0.3) is 5.91 Å². The van der Waals surface area contributed by atoms with Crippen molar-refractivity contribution in [2.24, 2.45) is 0 Å². The van der Waals surface area contributed by atoms with Gasteiger partial charge in [0.05, 0.1) is 6.04 Å². The minimum atomic E-state index is -4.71. The number of aromatic nitrogens is 1. The molecule has 38 heavy (non-hydrogen) atoms. The van der Waals surface area contributed by atoms with Gasteiger partial charge >= 0.3 is 6.18 Å². The van der Waals surface area contributed by atoms with E-state index >= 15 is 0 Å². The molecular formula is C27H25ClF3N3O4. The molecule has 200 valence electrons. The van der Waals surface area contributed by atoms with Gasteiger partial charge in [-0.1, -0.05) is 48.0 Å². The van der Waals surface area contributed by atoms with Crippen LogP contribution in [0.25, 0.3) is 0 Å². The number of nitrogens with zero attached hydrogens (tertiary/aromatic N) is 3. The summed E-state index contributed by atoms with van der Waals surface area (Å²) < 4.78 is 53.7. The molecule has 0 N–H and O–H groups in total. The van der Waals surface area contributed by atoms with Crippen molar-refractivity contribution < 1.29 is 27.4 Å². The Hall–Kier alpha value is -3.50. The molecule has 2 heterocycles. The van der Waals surface area contributed by atoms with Crippen molar-refractivity contribution in [3.05, 3.63) is 97.9 Å². The minimum Gasteiger partial charge on any atom is -0.461 e. The summed E-state index contributed by atoms with van der Waals surface area (Å²) in [4.78, 5) is 27.1. The van der Waals surface area contributed by atoms with Gasteiger partial charge in [0.1, 0.15) is 12.7 Å². The molecule has 5 rings (SSSR count). The quantitative estimate of drug-likeness (QED) is 0.434. The number of methoxy groups -OCH3 is 1. The van der Waals surface area contributed by atoms with E-state index in [1.54, 1.807) is 11.1 Å². The highest BCUT2D eigenvalue weighted by atomic mass is 35.5. The normalized spacial score (nSPS) is 17.8. The molecule has 1 aromatic heterocycles. The number of alkyl halides is 3. The van der Waals surface area contributed by atoms with Crippen molar-refractivity contribution in [3.8, 4) is 5.75 Å². The number of ether oxygens (including phenoxy) is 2. The average Bonchev–Trinajstić information content (AvgIpc) is 3.05. The first-order valence-corrected chi connectivity index (χ1v) is 12.4. The monoisotopic (exact) mass is 547 g/mol. The van der Waals surface area contributed by atoms with E-state index in [9.17, 15) is 22.8 Å². The Morgan fingerprint density at radius 2 is 1.76 bits per heavy atom. The third-order valence-corrected chi connectivity index (χ3v) is 7.39. The number of rotatable bonds is 5. The van der Waals surface area contributed by atoms with Crippen LogP contribution in [0.1, 0.15) is 45.7 Å². The SMILES string of the molecule is COCOc1c2n(ccc1=O)N([C@@H]1c3ccccc3CCc3cccc(Cl)c31)CN([C@H](C)C(F)(F)F)C2=O. The van der Waals surface area contributed by atoms with Crippen LogP contribution in [0.3, 0.4) is 0 Å². The van der Waals surface area contributed by atoms with Gasteiger partial charge in [0.2, 0.25) is 11.2 Å². The fourth-order valence-corrected chi connectivity index (χ4v) is 5.45. The molecule has 7 nitrogen and oxygen atoms in total. The van der Waals surface area contributed by atoms with Gasteiger partial charge in [0.15, 0.2) is 12.5 Å². The highest BCUT2D eigenvalue weighted by Gasteiger charge is 2.48. The van der Waals surface area contributed by atoms with E-state index < -0.39 is 36.3 Å². The van der Waals surface area contributed by atoms with Crippen LogP contribution in [-0.4, -0.2) is 48.3 Å². The number of fused-ring (bicyclic) bond motifs is 3. The molecule has 1 amide bonds. The van der Waals surface area contributed by atoms with Gasteiger partial charge in [-0.05, 0) is 42.5 Å². The Balaban J connectivity index is 1.80. The molecule has 0 bridgehead atoms. The molecule has 3 aromatic rings. The zero-order valence-corrected chi connectivity index (χ0v) is 21.4. The summed E-state index contributed by atoms with van der Waals surface area (Å²) in [6, 6.07) is 11.6. The number of hydrogen-bond donors (Lipinski definition) is 0. The van der Waals surface area contributed by atoms with Crippen molar-refractivity contribution in [2.75, 3.05) is 25.6 Å². The maximum absolute atomic E-state index is 14.0. The van der Waals surface area contributed by atoms with Gasteiger partial charge in [0, 0.05) is 30.0 Å². The Bertz CT molecular complexity index is 1440. The third-order valence-electron chi connectivity index (χ3n) is 7.06. The Morgan fingerprint density at radius 1 is 1.05 bits per heavy atom. The molecule has 1 aliphatic carbocycles. The molecule has 0 saturated heterocycles. The van der Waals surface area contributed by atoms with Crippen LogP contribution in [0.15, 0.2) is 59.5 Å². The summed E-state index contributed by atoms with van der Waals surface area (Å²) >= 11 is 6.76. The molecule has 0 fully saturated rings. The van der Waals surface area contributed by atoms with Crippen LogP contribution in [0.4, 0.5) is 13.2 Å². The van der Waals surface area contributed by atoms with E-state index in [1.165, 1.54) is 24.0 Å². The fourth-order valence-electron chi connectivity index (χ4n) is 5.15. The Kier molecular flexibility index (Phi) is 6.87. The predicted molar refractivity (Wildman–Crippen MR) is 135 cm³/mol. The number of carbonyl (C=O) groups is 1. The van der Waals surface area contributed by atoms with Crippen LogP contribution in [0.2, 0.25) is 5.02 Å². The summed E-state index contributed by atoms with van der Waals surface area (Å²) in [5.74, 6) is -1.36. The molecule has 0 radical (unpaired) electrons. The molecule has 0 unspecified atom stereocenters. The zero-order chi connectivity index (χ0) is 27.2. The van der Waals surface area contributed by atoms with E-state index in [0.29, 0.717) is 22.8 Å². The first-order valence-electron chi connectivity index (χ1n) is 12.0. The molecule has 1 aliphatic heterocycles. The van der Waals surface area contributed by atoms with E-state index in [0.717, 1.165) is 29.2 Å². The topological polar surface area (TPSA) is 64.0 Å². The van der Waals surface area contributed by atoms with E-state index in [1.807, 2.05) is 36.4 Å². The number of halogens is 4. The summed E-state index contributed by atoms with van der Waals surface area (Å²) in [5.41, 5.74) is 2.57. The number of amides is 1. The summed E-state index contributed by atoms with van der Waals surface area (Å²) in [6.07, 6.45) is -1.94. The van der Waals surface area contributed by atoms with Gasteiger partial charge in [-0.25, -0.2) is 0 Å². The Labute approximate surface area is 221 Å². The molecule has 2 aromatic carbocycles. The minimum absolute atomic E-state index is 0.313. The van der Waals surface area contributed by atoms with Crippen molar-refractivity contribution in [1.82, 2.24) is 9.58 Å². The lowest BCUT2D eigenvalue weighted by molar-refractivity contribution is -0.173. The largest absolute Gasteiger partial charge is 0.461 e. The van der Waals surface area contributed by atoms with Crippen molar-refractivity contribution in [2.45, 2.75) is 38.0 Å². The highest BCUT2D eigenvalue weighted by Crippen LogP contribution is 2.42. The number of pyridine rings is 1. The first-order chi connectivity index (χ1) is 18.1. The van der Waals surface area contributed by atoms with Crippen molar-refractivity contribution in [3.63, 3.8) is 0 Å². The number of hydrogen-bond acceptors (Lipinski definition) is 5. The predicted octanol–water partition coefficient (Wildman–Crippen LogP) is 4.67. The van der Waals surface area contributed by atoms with Crippen LogP contribution in [-0.2, 0) is 17.6 Å². The van der Waals surface area contributed by atoms with Gasteiger partial charge < -0.3 is 14.4 Å². The number of carbonyl (C=O) groups excluding carboxylic acids is 1. The molecule has 0 spiro atoms. The van der Waals surface area contributed by atoms with Crippen LogP contribution < -0.4 is 15.2 Å². The van der Waals surface area contributed by atoms with E-state index in [2.05, 4.69) is 0 Å². The van der Waals surface area contributed by atoms with Gasteiger partial charge in [-0.2, -0.15) is 13.2 Å². The van der Waals surface area contributed by atoms with Gasteiger partial charge in [-0.3, -0.25) is 19.3 Å². The molecule has 0 saturated carbocycles. The van der Waals surface area contributed by atoms with Crippen LogP contribution in [0.5, 0.6) is 5.75 Å². The highest BCUT2D eigenvalue weighted by molar-refractivity contribution is 6.31. The van der Waals surface area contributed by atoms with Crippen molar-refractivity contribution >= 4 is 17.5 Å². The second-order valence-corrected chi connectivity index (χ2v) is 9.65.